The fourth-order valence-corrected chi connectivity index (χ4v) is 2.96. The van der Waals surface area contributed by atoms with Crippen LogP contribution in [0.15, 0.2) is 18.5 Å². The number of aromatic nitrogens is 1. The first-order chi connectivity index (χ1) is 9.63. The Morgan fingerprint density at radius 1 is 1.45 bits per heavy atom. The molecule has 3 atom stereocenters. The third-order valence-corrected chi connectivity index (χ3v) is 4.48. The van der Waals surface area contributed by atoms with Crippen molar-refractivity contribution in [3.63, 3.8) is 0 Å². The Morgan fingerprint density at radius 3 is 2.90 bits per heavy atom. The molecule has 3 unspecified atom stereocenters. The molecule has 1 aliphatic rings. The van der Waals surface area contributed by atoms with Gasteiger partial charge in [-0.15, -0.1) is 0 Å². The van der Waals surface area contributed by atoms with Crippen LogP contribution in [0.3, 0.4) is 0 Å². The summed E-state index contributed by atoms with van der Waals surface area (Å²) in [6, 6.07) is 2.66. The molecule has 0 amide bonds. The molecule has 1 saturated heterocycles. The van der Waals surface area contributed by atoms with Crippen LogP contribution in [0.2, 0.25) is 0 Å². The Hall–Kier alpha value is -1.00. The van der Waals surface area contributed by atoms with Gasteiger partial charge in [0.15, 0.2) is 0 Å². The van der Waals surface area contributed by atoms with Gasteiger partial charge in [0.25, 0.3) is 0 Å². The molecule has 1 fully saturated rings. The first kappa shape index (κ1) is 15.4. The first-order valence-electron chi connectivity index (χ1n) is 7.70. The van der Waals surface area contributed by atoms with Crippen LogP contribution in [0.4, 0.5) is 4.39 Å². The quantitative estimate of drug-likeness (QED) is 0.898. The Bertz CT molecular complexity index is 424. The third-order valence-electron chi connectivity index (χ3n) is 4.48. The van der Waals surface area contributed by atoms with Crippen molar-refractivity contribution in [3.8, 4) is 0 Å². The SMILES string of the molecule is CCC1CN(Cc2cncc(F)c2)C(C(C)CC)CN1. The second kappa shape index (κ2) is 7.14. The number of hydrogen-bond donors (Lipinski definition) is 1. The molecule has 1 aliphatic heterocycles. The second-order valence-corrected chi connectivity index (χ2v) is 5.91. The molecular weight excluding hydrogens is 253 g/mol. The van der Waals surface area contributed by atoms with Crippen molar-refractivity contribution in [1.82, 2.24) is 15.2 Å². The average molecular weight is 279 g/mol. The van der Waals surface area contributed by atoms with Crippen molar-refractivity contribution >= 4 is 0 Å². The summed E-state index contributed by atoms with van der Waals surface area (Å²) >= 11 is 0. The van der Waals surface area contributed by atoms with Crippen LogP contribution in [0.25, 0.3) is 0 Å². The minimum absolute atomic E-state index is 0.246. The van der Waals surface area contributed by atoms with E-state index in [0.717, 1.165) is 31.6 Å². The Labute approximate surface area is 121 Å². The van der Waals surface area contributed by atoms with Gasteiger partial charge in [0.1, 0.15) is 5.82 Å². The number of piperazine rings is 1. The maximum absolute atomic E-state index is 13.3. The maximum Gasteiger partial charge on any atom is 0.141 e. The van der Waals surface area contributed by atoms with Crippen molar-refractivity contribution < 1.29 is 4.39 Å². The molecule has 0 spiro atoms. The molecule has 2 heterocycles. The summed E-state index contributed by atoms with van der Waals surface area (Å²) in [4.78, 5) is 6.46. The lowest BCUT2D eigenvalue weighted by atomic mass is 9.93. The van der Waals surface area contributed by atoms with E-state index in [1.165, 1.54) is 12.6 Å². The van der Waals surface area contributed by atoms with Gasteiger partial charge in [0, 0.05) is 37.9 Å². The van der Waals surface area contributed by atoms with E-state index in [9.17, 15) is 4.39 Å². The summed E-state index contributed by atoms with van der Waals surface area (Å²) < 4.78 is 13.3. The molecule has 0 aromatic carbocycles. The zero-order chi connectivity index (χ0) is 14.5. The topological polar surface area (TPSA) is 28.2 Å². The molecule has 0 bridgehead atoms. The van der Waals surface area contributed by atoms with Gasteiger partial charge < -0.3 is 5.32 Å². The van der Waals surface area contributed by atoms with E-state index in [4.69, 9.17) is 0 Å². The fraction of sp³-hybridized carbons (Fsp3) is 0.688. The number of nitrogens with zero attached hydrogens (tertiary/aromatic N) is 2. The minimum atomic E-state index is -0.246. The van der Waals surface area contributed by atoms with Gasteiger partial charge in [-0.3, -0.25) is 9.88 Å². The molecule has 0 saturated carbocycles. The van der Waals surface area contributed by atoms with Crippen molar-refractivity contribution in [1.29, 1.82) is 0 Å². The van der Waals surface area contributed by atoms with E-state index in [1.54, 1.807) is 12.3 Å². The lowest BCUT2D eigenvalue weighted by Gasteiger charge is -2.43. The number of rotatable bonds is 5. The van der Waals surface area contributed by atoms with Gasteiger partial charge in [-0.2, -0.15) is 0 Å². The zero-order valence-corrected chi connectivity index (χ0v) is 12.8. The number of halogens is 1. The van der Waals surface area contributed by atoms with Gasteiger partial charge in [-0.1, -0.05) is 27.2 Å². The lowest BCUT2D eigenvalue weighted by molar-refractivity contribution is 0.0831. The van der Waals surface area contributed by atoms with Crippen molar-refractivity contribution in [2.45, 2.75) is 52.2 Å². The van der Waals surface area contributed by atoms with Crippen LogP contribution >= 0.6 is 0 Å². The summed E-state index contributed by atoms with van der Waals surface area (Å²) in [5.41, 5.74) is 0.968. The largest absolute Gasteiger partial charge is 0.311 e. The summed E-state index contributed by atoms with van der Waals surface area (Å²) in [5.74, 6) is 0.395. The summed E-state index contributed by atoms with van der Waals surface area (Å²) in [6.07, 6.45) is 5.34. The van der Waals surface area contributed by atoms with Crippen molar-refractivity contribution in [2.24, 2.45) is 5.92 Å². The maximum atomic E-state index is 13.3. The molecular formula is C16H26FN3. The van der Waals surface area contributed by atoms with Crippen LogP contribution in [-0.2, 0) is 6.54 Å². The number of nitrogens with one attached hydrogen (secondary N) is 1. The first-order valence-corrected chi connectivity index (χ1v) is 7.70. The summed E-state index contributed by atoms with van der Waals surface area (Å²) in [7, 11) is 0. The summed E-state index contributed by atoms with van der Waals surface area (Å²) in [6.45, 7) is 9.59. The molecule has 0 radical (unpaired) electrons. The van der Waals surface area contributed by atoms with Crippen LogP contribution in [-0.4, -0.2) is 35.1 Å². The monoisotopic (exact) mass is 279 g/mol. The van der Waals surface area contributed by atoms with Gasteiger partial charge >= 0.3 is 0 Å². The molecule has 4 heteroatoms. The van der Waals surface area contributed by atoms with Crippen molar-refractivity contribution in [2.75, 3.05) is 13.1 Å². The molecule has 1 aromatic rings. The van der Waals surface area contributed by atoms with Gasteiger partial charge in [-0.25, -0.2) is 4.39 Å². The highest BCUT2D eigenvalue weighted by molar-refractivity contribution is 5.10. The highest BCUT2D eigenvalue weighted by Crippen LogP contribution is 2.21. The van der Waals surface area contributed by atoms with Crippen LogP contribution in [0.5, 0.6) is 0 Å². The highest BCUT2D eigenvalue weighted by Gasteiger charge is 2.30. The van der Waals surface area contributed by atoms with Gasteiger partial charge in [0.05, 0.1) is 6.20 Å². The van der Waals surface area contributed by atoms with E-state index in [-0.39, 0.29) is 5.82 Å². The predicted molar refractivity (Wildman–Crippen MR) is 79.9 cm³/mol. The molecule has 1 N–H and O–H groups in total. The molecule has 112 valence electrons. The Balaban J connectivity index is 2.10. The van der Waals surface area contributed by atoms with E-state index in [0.29, 0.717) is 18.0 Å². The molecule has 20 heavy (non-hydrogen) atoms. The van der Waals surface area contributed by atoms with E-state index in [1.807, 2.05) is 0 Å². The Morgan fingerprint density at radius 2 is 2.25 bits per heavy atom. The molecule has 0 aliphatic carbocycles. The predicted octanol–water partition coefficient (Wildman–Crippen LogP) is 2.82. The van der Waals surface area contributed by atoms with E-state index in [2.05, 4.69) is 36.0 Å². The van der Waals surface area contributed by atoms with Gasteiger partial charge in [-0.05, 0) is 24.0 Å². The second-order valence-electron chi connectivity index (χ2n) is 5.91. The lowest BCUT2D eigenvalue weighted by Crippen LogP contribution is -2.57. The Kier molecular flexibility index (Phi) is 5.49. The average Bonchev–Trinajstić information content (AvgIpc) is 2.46. The molecule has 3 nitrogen and oxygen atoms in total. The normalized spacial score (nSPS) is 25.6. The minimum Gasteiger partial charge on any atom is -0.311 e. The van der Waals surface area contributed by atoms with E-state index >= 15 is 0 Å². The molecule has 1 aromatic heterocycles. The highest BCUT2D eigenvalue weighted by atomic mass is 19.1. The standard InChI is InChI=1S/C16H26FN3/c1-4-12(3)16-9-19-15(5-2)11-20(16)10-13-6-14(17)8-18-7-13/h6-8,12,15-16,19H,4-5,9-11H2,1-3H3. The molecule has 2 rings (SSSR count). The van der Waals surface area contributed by atoms with Gasteiger partial charge in [0.2, 0.25) is 0 Å². The summed E-state index contributed by atoms with van der Waals surface area (Å²) in [5, 5.41) is 3.63. The van der Waals surface area contributed by atoms with Crippen LogP contribution in [0.1, 0.15) is 39.2 Å². The zero-order valence-electron chi connectivity index (χ0n) is 12.8. The van der Waals surface area contributed by atoms with Crippen LogP contribution in [0, 0.1) is 11.7 Å². The van der Waals surface area contributed by atoms with E-state index < -0.39 is 0 Å². The number of pyridine rings is 1. The smallest absolute Gasteiger partial charge is 0.141 e. The van der Waals surface area contributed by atoms with Crippen molar-refractivity contribution in [3.05, 3.63) is 29.8 Å². The number of hydrogen-bond acceptors (Lipinski definition) is 3. The van der Waals surface area contributed by atoms with Crippen LogP contribution < -0.4 is 5.32 Å². The third kappa shape index (κ3) is 3.76. The fourth-order valence-electron chi connectivity index (χ4n) is 2.96.